The summed E-state index contributed by atoms with van der Waals surface area (Å²) in [6.07, 6.45) is 0.0321. The van der Waals surface area contributed by atoms with E-state index in [4.69, 9.17) is 30.6 Å². The summed E-state index contributed by atoms with van der Waals surface area (Å²) in [5.41, 5.74) is -2.74. The second-order valence-corrected chi connectivity index (χ2v) is 4.46. The van der Waals surface area contributed by atoms with Crippen LogP contribution in [0.15, 0.2) is 0 Å². The number of hydrogen-bond acceptors (Lipinski definition) is 6. The summed E-state index contributed by atoms with van der Waals surface area (Å²) in [4.78, 5) is 30.5. The Hall–Kier alpha value is -1.71. The normalized spacial score (nSPS) is 12.0. The molecule has 0 aromatic carbocycles. The van der Waals surface area contributed by atoms with Crippen LogP contribution < -0.4 is 0 Å². The molecule has 0 rings (SSSR count). The van der Waals surface area contributed by atoms with Gasteiger partial charge < -0.3 is 30.6 Å². The van der Waals surface area contributed by atoms with E-state index in [9.17, 15) is 14.4 Å². The number of rotatable bonds is 9. The fraction of sp³-hybridized carbons (Fsp3) is 0.750. The Morgan fingerprint density at radius 1 is 1.05 bits per heavy atom. The third-order valence-corrected chi connectivity index (χ3v) is 2.39. The molecule has 0 saturated heterocycles. The Labute approximate surface area is 121 Å². The first-order chi connectivity index (χ1) is 9.58. The van der Waals surface area contributed by atoms with Crippen LogP contribution >= 0.6 is 0 Å². The molecule has 9 heteroatoms. The summed E-state index contributed by atoms with van der Waals surface area (Å²) in [6.45, 7) is 1.96. The minimum Gasteiger partial charge on any atom is -0.481 e. The van der Waals surface area contributed by atoms with Crippen molar-refractivity contribution in [2.75, 3.05) is 6.61 Å². The van der Waals surface area contributed by atoms with E-state index in [2.05, 4.69) is 6.92 Å². The van der Waals surface area contributed by atoms with Gasteiger partial charge in [0.05, 0.1) is 25.6 Å². The van der Waals surface area contributed by atoms with E-state index in [1.165, 1.54) is 0 Å². The zero-order valence-corrected chi connectivity index (χ0v) is 11.7. The highest BCUT2D eigenvalue weighted by atomic mass is 16.4. The summed E-state index contributed by atoms with van der Waals surface area (Å²) < 4.78 is 0. The molecule has 21 heavy (non-hydrogen) atoms. The average Bonchev–Trinajstić information content (AvgIpc) is 2.34. The van der Waals surface area contributed by atoms with Crippen LogP contribution in [-0.4, -0.2) is 66.9 Å². The first kappa shape index (κ1) is 21.6. The van der Waals surface area contributed by atoms with Gasteiger partial charge in [0.2, 0.25) is 0 Å². The van der Waals surface area contributed by atoms with Gasteiger partial charge in [-0.25, -0.2) is 4.79 Å². The molecule has 1 atom stereocenters. The lowest BCUT2D eigenvalue weighted by atomic mass is 9.96. The lowest BCUT2D eigenvalue weighted by Crippen LogP contribution is -2.42. The number of carbonyl (C=O) groups is 3. The third-order valence-electron chi connectivity index (χ3n) is 2.39. The molecule has 1 unspecified atom stereocenters. The summed E-state index contributed by atoms with van der Waals surface area (Å²) in [7, 11) is 0. The molecule has 0 aliphatic carbocycles. The molecule has 0 radical (unpaired) electrons. The number of unbranched alkanes of at least 4 members (excludes halogenated alkanes) is 1. The van der Waals surface area contributed by atoms with Crippen molar-refractivity contribution < 1.29 is 45.0 Å². The molecule has 0 aliphatic rings. The monoisotopic (exact) mass is 310 g/mol. The van der Waals surface area contributed by atoms with Gasteiger partial charge in [0.25, 0.3) is 0 Å². The number of carboxylic acid groups (broad SMARTS) is 3. The number of aliphatic hydroxyl groups is 3. The van der Waals surface area contributed by atoms with Crippen molar-refractivity contribution in [3.63, 3.8) is 0 Å². The van der Waals surface area contributed by atoms with Crippen LogP contribution in [0.25, 0.3) is 0 Å². The van der Waals surface area contributed by atoms with Crippen LogP contribution in [0, 0.1) is 0 Å². The minimum atomic E-state index is -2.74. The van der Waals surface area contributed by atoms with Crippen LogP contribution in [-0.2, 0) is 14.4 Å². The van der Waals surface area contributed by atoms with E-state index in [-0.39, 0.29) is 6.61 Å². The Morgan fingerprint density at radius 2 is 1.48 bits per heavy atom. The third kappa shape index (κ3) is 11.8. The Bertz CT molecular complexity index is 324. The van der Waals surface area contributed by atoms with Gasteiger partial charge in [-0.05, 0) is 6.42 Å². The van der Waals surface area contributed by atoms with Crippen molar-refractivity contribution in [2.45, 2.75) is 50.7 Å². The van der Waals surface area contributed by atoms with Crippen LogP contribution in [0.3, 0.4) is 0 Å². The topological polar surface area (TPSA) is 173 Å². The minimum absolute atomic E-state index is 0.0972. The van der Waals surface area contributed by atoms with Gasteiger partial charge in [-0.1, -0.05) is 19.8 Å². The van der Waals surface area contributed by atoms with Gasteiger partial charge in [0, 0.05) is 0 Å². The van der Waals surface area contributed by atoms with Crippen molar-refractivity contribution in [3.8, 4) is 0 Å². The SMILES string of the molecule is CCCCC(O)CO.O=C(O)CC(O)(CC(=O)O)C(=O)O. The highest BCUT2D eigenvalue weighted by molar-refractivity contribution is 5.88. The Kier molecular flexibility index (Phi) is 11.3. The molecule has 0 bridgehead atoms. The van der Waals surface area contributed by atoms with Crippen LogP contribution in [0.1, 0.15) is 39.0 Å². The number of aliphatic hydroxyl groups excluding tert-OH is 2. The molecule has 9 nitrogen and oxygen atoms in total. The fourth-order valence-corrected chi connectivity index (χ4v) is 1.25. The zero-order chi connectivity index (χ0) is 17.1. The zero-order valence-electron chi connectivity index (χ0n) is 11.7. The molecule has 0 saturated carbocycles. The highest BCUT2D eigenvalue weighted by Crippen LogP contribution is 2.15. The van der Waals surface area contributed by atoms with Gasteiger partial charge in [-0.3, -0.25) is 9.59 Å². The largest absolute Gasteiger partial charge is 0.481 e. The van der Waals surface area contributed by atoms with Gasteiger partial charge in [-0.2, -0.15) is 0 Å². The second kappa shape index (κ2) is 11.0. The van der Waals surface area contributed by atoms with E-state index in [0.29, 0.717) is 0 Å². The van der Waals surface area contributed by atoms with Gasteiger partial charge in [0.15, 0.2) is 5.60 Å². The Morgan fingerprint density at radius 3 is 1.71 bits per heavy atom. The lowest BCUT2D eigenvalue weighted by Gasteiger charge is -2.18. The van der Waals surface area contributed by atoms with Crippen molar-refractivity contribution in [3.05, 3.63) is 0 Å². The van der Waals surface area contributed by atoms with E-state index in [0.717, 1.165) is 19.3 Å². The maximum Gasteiger partial charge on any atom is 0.336 e. The van der Waals surface area contributed by atoms with Crippen molar-refractivity contribution in [1.82, 2.24) is 0 Å². The highest BCUT2D eigenvalue weighted by Gasteiger charge is 2.40. The maximum absolute atomic E-state index is 10.3. The first-order valence-corrected chi connectivity index (χ1v) is 6.27. The molecular weight excluding hydrogens is 288 g/mol. The molecule has 0 aromatic rings. The van der Waals surface area contributed by atoms with Crippen LogP contribution in [0.4, 0.5) is 0 Å². The molecule has 124 valence electrons. The summed E-state index contributed by atoms with van der Waals surface area (Å²) in [6, 6.07) is 0. The van der Waals surface area contributed by atoms with Crippen molar-refractivity contribution in [1.29, 1.82) is 0 Å². The maximum atomic E-state index is 10.3. The van der Waals surface area contributed by atoms with E-state index >= 15 is 0 Å². The number of carboxylic acids is 3. The quantitative estimate of drug-likeness (QED) is 0.321. The smallest absolute Gasteiger partial charge is 0.336 e. The van der Waals surface area contributed by atoms with E-state index in [1.807, 2.05) is 0 Å². The molecular formula is C12H22O9. The van der Waals surface area contributed by atoms with Crippen molar-refractivity contribution >= 4 is 17.9 Å². The molecule has 0 heterocycles. The van der Waals surface area contributed by atoms with Gasteiger partial charge in [-0.15, -0.1) is 0 Å². The molecule has 0 aromatic heterocycles. The summed E-state index contributed by atoms with van der Waals surface area (Å²) in [5, 5.41) is 50.9. The molecule has 0 spiro atoms. The Balaban J connectivity index is 0. The molecule has 0 aliphatic heterocycles. The average molecular weight is 310 g/mol. The van der Waals surface area contributed by atoms with Crippen molar-refractivity contribution in [2.24, 2.45) is 0 Å². The molecule has 0 amide bonds. The first-order valence-electron chi connectivity index (χ1n) is 6.27. The molecule has 0 fully saturated rings. The second-order valence-electron chi connectivity index (χ2n) is 4.46. The lowest BCUT2D eigenvalue weighted by molar-refractivity contribution is -0.170. The summed E-state index contributed by atoms with van der Waals surface area (Å²) in [5.74, 6) is -5.02. The fourth-order valence-electron chi connectivity index (χ4n) is 1.25. The van der Waals surface area contributed by atoms with Crippen LogP contribution in [0.2, 0.25) is 0 Å². The molecule has 6 N–H and O–H groups in total. The summed E-state index contributed by atoms with van der Waals surface area (Å²) >= 11 is 0. The standard InChI is InChI=1S/C6H8O7.C6H14O2/c7-3(8)1-6(13,5(11)12)2-4(9)10;1-2-3-4-6(8)5-7/h13H,1-2H2,(H,7,8)(H,9,10)(H,11,12);6-8H,2-5H2,1H3. The van der Waals surface area contributed by atoms with E-state index < -0.39 is 42.5 Å². The predicted octanol–water partition coefficient (Wildman–Crippen LogP) is -0.719. The predicted molar refractivity (Wildman–Crippen MR) is 69.7 cm³/mol. The van der Waals surface area contributed by atoms with E-state index in [1.54, 1.807) is 0 Å². The van der Waals surface area contributed by atoms with Gasteiger partial charge in [0.1, 0.15) is 0 Å². The number of hydrogen-bond donors (Lipinski definition) is 6. The number of aliphatic carboxylic acids is 3. The van der Waals surface area contributed by atoms with Gasteiger partial charge >= 0.3 is 17.9 Å². The van der Waals surface area contributed by atoms with Crippen LogP contribution in [0.5, 0.6) is 0 Å².